The van der Waals surface area contributed by atoms with Crippen LogP contribution in [0.2, 0.25) is 0 Å². The number of hydrogen-bond donors (Lipinski definition) is 2. The van der Waals surface area contributed by atoms with E-state index in [1.54, 1.807) is 6.20 Å². The summed E-state index contributed by atoms with van der Waals surface area (Å²) in [5.41, 5.74) is 1.67. The molecule has 0 spiro atoms. The Balaban J connectivity index is 1.86. The van der Waals surface area contributed by atoms with Crippen LogP contribution < -0.4 is 10.1 Å². The first-order valence-corrected chi connectivity index (χ1v) is 9.80. The van der Waals surface area contributed by atoms with Crippen molar-refractivity contribution in [1.29, 1.82) is 0 Å². The zero-order valence-corrected chi connectivity index (χ0v) is 16.8. The van der Waals surface area contributed by atoms with E-state index >= 15 is 0 Å². The first-order chi connectivity index (χ1) is 13.6. The molecule has 1 atom stereocenters. The largest absolute Gasteiger partial charge is 0.481 e. The second-order valence-electron chi connectivity index (χ2n) is 6.94. The number of rotatable bonds is 9. The van der Waals surface area contributed by atoms with E-state index in [0.29, 0.717) is 30.4 Å². The predicted octanol–water partition coefficient (Wildman–Crippen LogP) is 4.18. The first kappa shape index (κ1) is 20.0. The number of aromatic nitrogens is 3. The molecule has 0 amide bonds. The molecule has 28 heavy (non-hydrogen) atoms. The summed E-state index contributed by atoms with van der Waals surface area (Å²) < 4.78 is 6.16. The van der Waals surface area contributed by atoms with Crippen molar-refractivity contribution in [3.05, 3.63) is 53.7 Å². The fraction of sp³-hybridized carbons (Fsp3) is 0.409. The number of aryl methyl sites for hydroxylation is 2. The number of hydrogen-bond acceptors (Lipinski definition) is 6. The molecule has 0 aliphatic carbocycles. The molecule has 3 rings (SSSR count). The van der Waals surface area contributed by atoms with Crippen LogP contribution in [-0.2, 0) is 6.61 Å². The van der Waals surface area contributed by atoms with E-state index in [0.717, 1.165) is 35.0 Å². The van der Waals surface area contributed by atoms with E-state index < -0.39 is 0 Å². The molecule has 0 bridgehead atoms. The van der Waals surface area contributed by atoms with Crippen LogP contribution in [0.4, 0.5) is 5.82 Å². The fourth-order valence-corrected chi connectivity index (χ4v) is 3.40. The molecule has 0 aliphatic rings. The zero-order chi connectivity index (χ0) is 19.9. The summed E-state index contributed by atoms with van der Waals surface area (Å²) in [6.45, 7) is 6.40. The summed E-state index contributed by atoms with van der Waals surface area (Å²) in [5.74, 6) is 2.01. The van der Waals surface area contributed by atoms with Crippen LogP contribution in [0.5, 0.6) is 5.75 Å². The van der Waals surface area contributed by atoms with E-state index in [1.807, 2.05) is 32.0 Å². The van der Waals surface area contributed by atoms with Crippen molar-refractivity contribution in [2.75, 3.05) is 11.9 Å². The normalized spacial score (nSPS) is 12.1. The third kappa shape index (κ3) is 4.75. The van der Waals surface area contributed by atoms with Gasteiger partial charge in [-0.2, -0.15) is 0 Å². The predicted molar refractivity (Wildman–Crippen MR) is 112 cm³/mol. The van der Waals surface area contributed by atoms with Crippen molar-refractivity contribution in [3.8, 4) is 5.75 Å². The van der Waals surface area contributed by atoms with Gasteiger partial charge >= 0.3 is 0 Å². The summed E-state index contributed by atoms with van der Waals surface area (Å²) in [7, 11) is 0. The molecule has 2 N–H and O–H groups in total. The first-order valence-electron chi connectivity index (χ1n) is 9.80. The molecule has 6 nitrogen and oxygen atoms in total. The molecule has 0 aliphatic heterocycles. The molecule has 148 valence electrons. The van der Waals surface area contributed by atoms with Crippen LogP contribution in [0.1, 0.15) is 43.4 Å². The van der Waals surface area contributed by atoms with Gasteiger partial charge in [-0.3, -0.25) is 4.98 Å². The number of nitrogens with zero attached hydrogens (tertiary/aromatic N) is 3. The Kier molecular flexibility index (Phi) is 6.76. The Labute approximate surface area is 166 Å². The maximum atomic E-state index is 9.36. The number of ether oxygens (including phenoxy) is 1. The van der Waals surface area contributed by atoms with E-state index in [4.69, 9.17) is 4.74 Å². The standard InChI is InChI=1S/C22H28N4O2/c1-4-7-18(11-13-27)26-22-21(15(2)24-16(3)25-22)28-14-20-19-9-6-5-8-17(19)10-12-23-20/h5-6,8-10,12,18,27H,4,7,11,13-14H2,1-3H3,(H,24,25,26)/t18-/m0/s1. The van der Waals surface area contributed by atoms with Gasteiger partial charge in [-0.1, -0.05) is 37.6 Å². The van der Waals surface area contributed by atoms with Crippen molar-refractivity contribution in [3.63, 3.8) is 0 Å². The molecule has 0 saturated carbocycles. The molecule has 3 aromatic rings. The topological polar surface area (TPSA) is 80.2 Å². The number of anilines is 1. The van der Waals surface area contributed by atoms with Gasteiger partial charge in [-0.05, 0) is 38.1 Å². The van der Waals surface area contributed by atoms with Crippen molar-refractivity contribution in [2.45, 2.75) is 52.7 Å². The third-order valence-corrected chi connectivity index (χ3v) is 4.71. The van der Waals surface area contributed by atoms with Crippen LogP contribution in [-0.4, -0.2) is 32.7 Å². The van der Waals surface area contributed by atoms with Crippen LogP contribution in [0.15, 0.2) is 36.5 Å². The molecule has 6 heteroatoms. The minimum Gasteiger partial charge on any atom is -0.481 e. The maximum Gasteiger partial charge on any atom is 0.183 e. The van der Waals surface area contributed by atoms with Crippen LogP contribution in [0.3, 0.4) is 0 Å². The molecular weight excluding hydrogens is 352 g/mol. The average Bonchev–Trinajstić information content (AvgIpc) is 2.67. The second kappa shape index (κ2) is 9.46. The SMILES string of the molecule is CCC[C@@H](CCO)Nc1nc(C)nc(C)c1OCc1nccc2ccccc12. The molecule has 0 radical (unpaired) electrons. The number of aliphatic hydroxyl groups is 1. The number of fused-ring (bicyclic) bond motifs is 1. The number of nitrogens with one attached hydrogen (secondary N) is 1. The van der Waals surface area contributed by atoms with Crippen molar-refractivity contribution in [2.24, 2.45) is 0 Å². The lowest BCUT2D eigenvalue weighted by molar-refractivity contribution is 0.275. The summed E-state index contributed by atoms with van der Waals surface area (Å²) in [6.07, 6.45) is 4.45. The smallest absolute Gasteiger partial charge is 0.183 e. The fourth-order valence-electron chi connectivity index (χ4n) is 3.40. The third-order valence-electron chi connectivity index (χ3n) is 4.71. The molecule has 0 unspecified atom stereocenters. The Morgan fingerprint density at radius 1 is 1.11 bits per heavy atom. The van der Waals surface area contributed by atoms with E-state index in [2.05, 4.69) is 39.3 Å². The lowest BCUT2D eigenvalue weighted by Gasteiger charge is -2.21. The Morgan fingerprint density at radius 2 is 1.93 bits per heavy atom. The number of benzene rings is 1. The Bertz CT molecular complexity index is 918. The van der Waals surface area contributed by atoms with Gasteiger partial charge in [-0.15, -0.1) is 0 Å². The molecule has 2 heterocycles. The van der Waals surface area contributed by atoms with E-state index in [1.165, 1.54) is 0 Å². The Morgan fingerprint density at radius 3 is 2.71 bits per heavy atom. The lowest BCUT2D eigenvalue weighted by Crippen LogP contribution is -2.22. The van der Waals surface area contributed by atoms with Gasteiger partial charge in [0.15, 0.2) is 11.6 Å². The maximum absolute atomic E-state index is 9.36. The van der Waals surface area contributed by atoms with Gasteiger partial charge in [0, 0.05) is 24.2 Å². The molecule has 0 fully saturated rings. The highest BCUT2D eigenvalue weighted by atomic mass is 16.5. The monoisotopic (exact) mass is 380 g/mol. The van der Waals surface area contributed by atoms with Gasteiger partial charge in [0.1, 0.15) is 12.4 Å². The molecule has 0 saturated heterocycles. The average molecular weight is 380 g/mol. The highest BCUT2D eigenvalue weighted by Crippen LogP contribution is 2.29. The van der Waals surface area contributed by atoms with Gasteiger partial charge in [0.05, 0.1) is 11.4 Å². The zero-order valence-electron chi connectivity index (χ0n) is 16.8. The van der Waals surface area contributed by atoms with Gasteiger partial charge in [0.2, 0.25) is 0 Å². The van der Waals surface area contributed by atoms with Crippen LogP contribution in [0.25, 0.3) is 10.8 Å². The number of pyridine rings is 1. The van der Waals surface area contributed by atoms with Crippen LogP contribution in [0, 0.1) is 13.8 Å². The van der Waals surface area contributed by atoms with Crippen molar-refractivity contribution >= 4 is 16.6 Å². The van der Waals surface area contributed by atoms with Gasteiger partial charge in [0.25, 0.3) is 0 Å². The van der Waals surface area contributed by atoms with E-state index in [-0.39, 0.29) is 12.6 Å². The molecule has 1 aromatic carbocycles. The highest BCUT2D eigenvalue weighted by Gasteiger charge is 2.16. The molecular formula is C22H28N4O2. The minimum absolute atomic E-state index is 0.136. The van der Waals surface area contributed by atoms with Crippen molar-refractivity contribution in [1.82, 2.24) is 15.0 Å². The van der Waals surface area contributed by atoms with E-state index in [9.17, 15) is 5.11 Å². The molecule has 2 aromatic heterocycles. The second-order valence-corrected chi connectivity index (χ2v) is 6.94. The number of aliphatic hydroxyl groups excluding tert-OH is 1. The Hall–Kier alpha value is -2.73. The summed E-state index contributed by atoms with van der Waals surface area (Å²) in [4.78, 5) is 13.5. The van der Waals surface area contributed by atoms with Crippen molar-refractivity contribution < 1.29 is 9.84 Å². The summed E-state index contributed by atoms with van der Waals surface area (Å²) >= 11 is 0. The van der Waals surface area contributed by atoms with Gasteiger partial charge in [-0.25, -0.2) is 9.97 Å². The quantitative estimate of drug-likeness (QED) is 0.580. The highest BCUT2D eigenvalue weighted by molar-refractivity contribution is 5.84. The van der Waals surface area contributed by atoms with Crippen LogP contribution >= 0.6 is 0 Å². The van der Waals surface area contributed by atoms with Gasteiger partial charge < -0.3 is 15.2 Å². The summed E-state index contributed by atoms with van der Waals surface area (Å²) in [6, 6.07) is 10.3. The lowest BCUT2D eigenvalue weighted by atomic mass is 10.1. The summed E-state index contributed by atoms with van der Waals surface area (Å²) in [5, 5.41) is 15.0. The minimum atomic E-state index is 0.136.